The summed E-state index contributed by atoms with van der Waals surface area (Å²) < 4.78 is 1.17. The minimum atomic E-state index is 0.0238. The average molecular weight is 339 g/mol. The van der Waals surface area contributed by atoms with Crippen molar-refractivity contribution in [2.24, 2.45) is 5.92 Å². The van der Waals surface area contributed by atoms with Crippen molar-refractivity contribution in [2.45, 2.75) is 26.8 Å². The van der Waals surface area contributed by atoms with E-state index in [1.54, 1.807) is 11.3 Å². The van der Waals surface area contributed by atoms with Crippen LogP contribution in [-0.2, 0) is 11.3 Å². The summed E-state index contributed by atoms with van der Waals surface area (Å²) in [6.45, 7) is 4.66. The van der Waals surface area contributed by atoms with Crippen molar-refractivity contribution in [3.8, 4) is 0 Å². The molecule has 24 heavy (non-hydrogen) atoms. The highest BCUT2D eigenvalue weighted by molar-refractivity contribution is 7.17. The maximum atomic E-state index is 12.0. The van der Waals surface area contributed by atoms with Gasteiger partial charge in [0.25, 0.3) is 0 Å². The Morgan fingerprint density at radius 1 is 1.29 bits per heavy atom. The lowest BCUT2D eigenvalue weighted by Gasteiger charge is -2.12. The van der Waals surface area contributed by atoms with Crippen molar-refractivity contribution in [2.75, 3.05) is 10.6 Å². The smallest absolute Gasteiger partial charge is 0.227 e. The third kappa shape index (κ3) is 3.74. The zero-order valence-corrected chi connectivity index (χ0v) is 14.7. The molecule has 124 valence electrons. The Labute approximate surface area is 145 Å². The number of aromatic nitrogens is 1. The Hall–Kier alpha value is -2.40. The molecule has 0 aliphatic heterocycles. The Bertz CT molecular complexity index is 843. The fraction of sp³-hybridized carbons (Fsp3) is 0.263. The second kappa shape index (κ2) is 7.45. The number of amides is 1. The first-order valence-electron chi connectivity index (χ1n) is 8.13. The molecule has 2 aromatic heterocycles. The predicted octanol–water partition coefficient (Wildman–Crippen LogP) is 4.89. The number of anilines is 2. The molecule has 1 amide bonds. The van der Waals surface area contributed by atoms with Crippen LogP contribution in [0.1, 0.15) is 25.8 Å². The van der Waals surface area contributed by atoms with Gasteiger partial charge in [0.15, 0.2) is 0 Å². The average Bonchev–Trinajstić information content (AvgIpc) is 3.08. The minimum Gasteiger partial charge on any atom is -0.380 e. The molecule has 0 aliphatic carbocycles. The van der Waals surface area contributed by atoms with E-state index in [2.05, 4.69) is 21.7 Å². The van der Waals surface area contributed by atoms with Crippen LogP contribution in [0.5, 0.6) is 0 Å². The fourth-order valence-corrected chi connectivity index (χ4v) is 3.26. The monoisotopic (exact) mass is 339 g/mol. The first-order chi connectivity index (χ1) is 11.7. The van der Waals surface area contributed by atoms with Crippen molar-refractivity contribution >= 4 is 38.8 Å². The topological polar surface area (TPSA) is 54.0 Å². The normalized spacial score (nSPS) is 12.1. The van der Waals surface area contributed by atoms with Gasteiger partial charge >= 0.3 is 0 Å². The van der Waals surface area contributed by atoms with E-state index < -0.39 is 0 Å². The minimum absolute atomic E-state index is 0.0238. The molecule has 3 rings (SSSR count). The number of hydrogen-bond donors (Lipinski definition) is 2. The number of nitrogens with one attached hydrogen (secondary N) is 2. The van der Waals surface area contributed by atoms with E-state index in [9.17, 15) is 4.79 Å². The number of carbonyl (C=O) groups is 1. The number of thiophene rings is 1. The molecule has 2 heterocycles. The highest BCUT2D eigenvalue weighted by Crippen LogP contribution is 2.27. The van der Waals surface area contributed by atoms with Gasteiger partial charge in [0.05, 0.1) is 15.9 Å². The van der Waals surface area contributed by atoms with Crippen molar-refractivity contribution in [3.05, 3.63) is 53.5 Å². The van der Waals surface area contributed by atoms with Gasteiger partial charge in [-0.2, -0.15) is 0 Å². The summed E-state index contributed by atoms with van der Waals surface area (Å²) in [5.74, 6) is 0.0905. The zero-order valence-electron chi connectivity index (χ0n) is 13.9. The molecule has 0 radical (unpaired) electrons. The molecular weight excluding hydrogens is 318 g/mol. The van der Waals surface area contributed by atoms with Crippen LogP contribution in [0.25, 0.3) is 10.2 Å². The molecule has 0 fully saturated rings. The molecule has 0 bridgehead atoms. The van der Waals surface area contributed by atoms with Crippen LogP contribution in [0, 0.1) is 5.92 Å². The first-order valence-corrected chi connectivity index (χ1v) is 9.01. The Balaban J connectivity index is 1.69. The van der Waals surface area contributed by atoms with E-state index in [4.69, 9.17) is 0 Å². The van der Waals surface area contributed by atoms with Crippen molar-refractivity contribution in [1.29, 1.82) is 0 Å². The molecular formula is C19H21N3OS. The third-order valence-electron chi connectivity index (χ3n) is 4.08. The lowest BCUT2D eigenvalue weighted by Crippen LogP contribution is -2.19. The van der Waals surface area contributed by atoms with Gasteiger partial charge in [0, 0.05) is 24.3 Å². The molecule has 0 spiro atoms. The van der Waals surface area contributed by atoms with Gasteiger partial charge in [-0.1, -0.05) is 26.0 Å². The van der Waals surface area contributed by atoms with Gasteiger partial charge in [-0.05, 0) is 41.6 Å². The summed E-state index contributed by atoms with van der Waals surface area (Å²) >= 11 is 1.68. The Morgan fingerprint density at radius 2 is 2.17 bits per heavy atom. The molecule has 5 heteroatoms. The van der Waals surface area contributed by atoms with Crippen LogP contribution in [-0.4, -0.2) is 10.9 Å². The summed E-state index contributed by atoms with van der Waals surface area (Å²) in [5, 5.41) is 8.49. The highest BCUT2D eigenvalue weighted by atomic mass is 32.1. The maximum absolute atomic E-state index is 12.0. The van der Waals surface area contributed by atoms with Crippen LogP contribution >= 0.6 is 11.3 Å². The number of rotatable bonds is 6. The van der Waals surface area contributed by atoms with Crippen LogP contribution in [0.3, 0.4) is 0 Å². The van der Waals surface area contributed by atoms with Crippen LogP contribution in [0.4, 0.5) is 11.4 Å². The number of hydrogen-bond acceptors (Lipinski definition) is 4. The van der Waals surface area contributed by atoms with E-state index in [1.165, 1.54) is 4.70 Å². The second-order valence-electron chi connectivity index (χ2n) is 5.85. The van der Waals surface area contributed by atoms with Gasteiger partial charge in [-0.15, -0.1) is 11.3 Å². The molecule has 3 aromatic rings. The van der Waals surface area contributed by atoms with E-state index in [1.807, 2.05) is 55.8 Å². The lowest BCUT2D eigenvalue weighted by atomic mass is 10.1. The first kappa shape index (κ1) is 16.5. The molecule has 2 N–H and O–H groups in total. The summed E-state index contributed by atoms with van der Waals surface area (Å²) in [6.07, 6.45) is 2.66. The number of benzene rings is 1. The molecule has 1 aromatic carbocycles. The summed E-state index contributed by atoms with van der Waals surface area (Å²) in [4.78, 5) is 16.4. The predicted molar refractivity (Wildman–Crippen MR) is 101 cm³/mol. The Morgan fingerprint density at radius 3 is 3.00 bits per heavy atom. The van der Waals surface area contributed by atoms with Gasteiger partial charge in [-0.25, -0.2) is 0 Å². The number of nitrogens with zero attached hydrogens (tertiary/aromatic N) is 1. The zero-order chi connectivity index (χ0) is 16.9. The molecule has 0 saturated heterocycles. The van der Waals surface area contributed by atoms with Crippen molar-refractivity contribution in [3.63, 3.8) is 0 Å². The summed E-state index contributed by atoms with van der Waals surface area (Å²) in [5.41, 5.74) is 4.07. The molecule has 0 saturated carbocycles. The quantitative estimate of drug-likeness (QED) is 0.672. The molecule has 1 unspecified atom stereocenters. The van der Waals surface area contributed by atoms with Crippen LogP contribution in [0.2, 0.25) is 0 Å². The summed E-state index contributed by atoms with van der Waals surface area (Å²) in [7, 11) is 0. The molecule has 1 atom stereocenters. The molecule has 0 aliphatic rings. The third-order valence-corrected chi connectivity index (χ3v) is 5.02. The van der Waals surface area contributed by atoms with E-state index >= 15 is 0 Å². The van der Waals surface area contributed by atoms with Crippen LogP contribution < -0.4 is 10.6 Å². The van der Waals surface area contributed by atoms with Gasteiger partial charge < -0.3 is 10.6 Å². The van der Waals surface area contributed by atoms with Gasteiger partial charge in [-0.3, -0.25) is 9.78 Å². The number of fused-ring (bicyclic) bond motifs is 1. The Kier molecular flexibility index (Phi) is 5.11. The summed E-state index contributed by atoms with van der Waals surface area (Å²) in [6, 6.07) is 12.0. The van der Waals surface area contributed by atoms with Gasteiger partial charge in [0.1, 0.15) is 0 Å². The van der Waals surface area contributed by atoms with E-state index in [0.29, 0.717) is 6.54 Å². The van der Waals surface area contributed by atoms with Crippen molar-refractivity contribution in [1.82, 2.24) is 4.98 Å². The maximum Gasteiger partial charge on any atom is 0.227 e. The highest BCUT2D eigenvalue weighted by Gasteiger charge is 2.10. The van der Waals surface area contributed by atoms with Crippen molar-refractivity contribution < 1.29 is 4.79 Å². The number of carbonyl (C=O) groups excluding carboxylic acids is 1. The van der Waals surface area contributed by atoms with E-state index in [-0.39, 0.29) is 11.8 Å². The molecule has 4 nitrogen and oxygen atoms in total. The lowest BCUT2D eigenvalue weighted by molar-refractivity contribution is -0.119. The largest absolute Gasteiger partial charge is 0.380 e. The van der Waals surface area contributed by atoms with E-state index in [0.717, 1.165) is 28.9 Å². The standard InChI is InChI=1S/C19H21N3OS/c1-3-13(2)19(23)22-15-6-4-5-14(11-15)12-21-16-7-9-20-17-8-10-24-18(16)17/h4-11,13H,3,12H2,1-2H3,(H,20,21)(H,22,23). The van der Waals surface area contributed by atoms with Gasteiger partial charge in [0.2, 0.25) is 5.91 Å². The number of pyridine rings is 1. The SMILES string of the molecule is CCC(C)C(=O)Nc1cccc(CNc2ccnc3ccsc23)c1. The van der Waals surface area contributed by atoms with Crippen LogP contribution in [0.15, 0.2) is 48.0 Å². The fourth-order valence-electron chi connectivity index (χ4n) is 2.42. The second-order valence-corrected chi connectivity index (χ2v) is 6.76.